The number of benzene rings is 2. The van der Waals surface area contributed by atoms with Gasteiger partial charge in [0.25, 0.3) is 5.91 Å². The summed E-state index contributed by atoms with van der Waals surface area (Å²) in [6.45, 7) is 2.28. The number of amides is 2. The number of piperazine rings is 1. The lowest BCUT2D eigenvalue weighted by Gasteiger charge is -2.34. The van der Waals surface area contributed by atoms with E-state index in [2.05, 4.69) is 20.5 Å². The number of hydrogen-bond donors (Lipinski definition) is 1. The number of alkyl halides is 3. The third-order valence-electron chi connectivity index (χ3n) is 6.28. The minimum absolute atomic E-state index is 0.110. The van der Waals surface area contributed by atoms with Crippen LogP contribution in [0.2, 0.25) is 0 Å². The lowest BCUT2D eigenvalue weighted by atomic mass is 10.1. The van der Waals surface area contributed by atoms with Gasteiger partial charge < -0.3 is 19.9 Å². The Balaban J connectivity index is 1.09. The number of anilines is 2. The summed E-state index contributed by atoms with van der Waals surface area (Å²) in [5, 5.41) is 10.8. The molecule has 2 aliphatic heterocycles. The number of azo groups is 1. The number of ether oxygens (including phenoxy) is 1. The van der Waals surface area contributed by atoms with Gasteiger partial charge in [0, 0.05) is 37.3 Å². The molecule has 5 rings (SSSR count). The standard InChI is InChI=1S/C26H23F3N6O3/c27-26(28,29)20-5-1-17(2-6-20)16-38-25(37)35-11-9-34(10-12-35)23-8-7-21(15-30-23)32-24(36)18-3-4-19-14-31-33-22(19)13-18/h1-8,13,15H,9-12,14,16H2,(H,32,36). The van der Waals surface area contributed by atoms with Crippen molar-refractivity contribution in [2.45, 2.75) is 19.3 Å². The van der Waals surface area contributed by atoms with Gasteiger partial charge in [-0.15, -0.1) is 0 Å². The Morgan fingerprint density at radius 1 is 0.974 bits per heavy atom. The highest BCUT2D eigenvalue weighted by molar-refractivity contribution is 6.04. The molecule has 12 heteroatoms. The third kappa shape index (κ3) is 5.74. The molecule has 0 bridgehead atoms. The molecule has 2 aliphatic rings. The fourth-order valence-corrected chi connectivity index (χ4v) is 4.11. The van der Waals surface area contributed by atoms with Crippen molar-refractivity contribution in [3.63, 3.8) is 0 Å². The minimum atomic E-state index is -4.41. The monoisotopic (exact) mass is 524 g/mol. The number of nitrogens with zero attached hydrogens (tertiary/aromatic N) is 5. The Morgan fingerprint density at radius 2 is 1.74 bits per heavy atom. The van der Waals surface area contributed by atoms with Crippen molar-refractivity contribution in [2.24, 2.45) is 10.2 Å². The SMILES string of the molecule is O=C(Nc1ccc(N2CCN(C(=O)OCc3ccc(C(F)(F)F)cc3)CC2)nc1)c1ccc2c(c1)N=NC2. The summed E-state index contributed by atoms with van der Waals surface area (Å²) in [7, 11) is 0. The highest BCUT2D eigenvalue weighted by Gasteiger charge is 2.30. The van der Waals surface area contributed by atoms with E-state index in [0.29, 0.717) is 61.0 Å². The Morgan fingerprint density at radius 3 is 2.42 bits per heavy atom. The molecule has 0 atom stereocenters. The largest absolute Gasteiger partial charge is 0.445 e. The molecule has 0 unspecified atom stereocenters. The van der Waals surface area contributed by atoms with Gasteiger partial charge in [0.1, 0.15) is 12.4 Å². The first-order valence-electron chi connectivity index (χ1n) is 11.9. The number of carbonyl (C=O) groups is 2. The van der Waals surface area contributed by atoms with Crippen molar-refractivity contribution in [1.82, 2.24) is 9.88 Å². The van der Waals surface area contributed by atoms with Crippen LogP contribution < -0.4 is 10.2 Å². The highest BCUT2D eigenvalue weighted by Crippen LogP contribution is 2.29. The molecule has 0 spiro atoms. The molecule has 1 aromatic heterocycles. The van der Waals surface area contributed by atoms with Crippen LogP contribution in [0.1, 0.15) is 27.0 Å². The van der Waals surface area contributed by atoms with Crippen LogP contribution >= 0.6 is 0 Å². The molecule has 9 nitrogen and oxygen atoms in total. The Bertz CT molecular complexity index is 1350. The number of fused-ring (bicyclic) bond motifs is 1. The second-order valence-electron chi connectivity index (χ2n) is 8.83. The van der Waals surface area contributed by atoms with Crippen LogP contribution in [0.15, 0.2) is 71.0 Å². The van der Waals surface area contributed by atoms with Gasteiger partial charge >= 0.3 is 12.3 Å². The predicted molar refractivity (Wildman–Crippen MR) is 132 cm³/mol. The fourth-order valence-electron chi connectivity index (χ4n) is 4.11. The van der Waals surface area contributed by atoms with Gasteiger partial charge in [-0.25, -0.2) is 9.78 Å². The summed E-state index contributed by atoms with van der Waals surface area (Å²) in [6.07, 6.45) is -3.36. The molecule has 0 radical (unpaired) electrons. The number of carbonyl (C=O) groups excluding carboxylic acids is 2. The molecule has 38 heavy (non-hydrogen) atoms. The maximum absolute atomic E-state index is 12.7. The number of hydrogen-bond acceptors (Lipinski definition) is 7. The minimum Gasteiger partial charge on any atom is -0.445 e. The van der Waals surface area contributed by atoms with Crippen LogP contribution in [0.3, 0.4) is 0 Å². The molecule has 196 valence electrons. The molecule has 3 heterocycles. The molecule has 1 N–H and O–H groups in total. The van der Waals surface area contributed by atoms with Crippen molar-refractivity contribution in [2.75, 3.05) is 36.4 Å². The molecule has 1 fully saturated rings. The molecular weight excluding hydrogens is 501 g/mol. The van der Waals surface area contributed by atoms with Gasteiger partial charge in [-0.1, -0.05) is 18.2 Å². The van der Waals surface area contributed by atoms with Crippen molar-refractivity contribution in [3.05, 3.63) is 83.0 Å². The number of halogens is 3. The van der Waals surface area contributed by atoms with Gasteiger partial charge in [-0.3, -0.25) is 4.79 Å². The maximum Gasteiger partial charge on any atom is 0.416 e. The smallest absolute Gasteiger partial charge is 0.416 e. The second kappa shape index (κ2) is 10.5. The van der Waals surface area contributed by atoms with Gasteiger partial charge in [-0.2, -0.15) is 23.4 Å². The van der Waals surface area contributed by atoms with Crippen LogP contribution in [0.25, 0.3) is 0 Å². The van der Waals surface area contributed by atoms with E-state index in [1.54, 1.807) is 35.4 Å². The van der Waals surface area contributed by atoms with Crippen molar-refractivity contribution < 1.29 is 27.5 Å². The molecule has 2 amide bonds. The van der Waals surface area contributed by atoms with E-state index in [9.17, 15) is 22.8 Å². The first-order chi connectivity index (χ1) is 18.3. The van der Waals surface area contributed by atoms with Crippen LogP contribution in [0.5, 0.6) is 0 Å². The Kier molecular flexibility index (Phi) is 6.95. The zero-order valence-corrected chi connectivity index (χ0v) is 20.1. The number of aromatic nitrogens is 1. The van der Waals surface area contributed by atoms with E-state index in [-0.39, 0.29) is 12.5 Å². The molecule has 3 aromatic rings. The second-order valence-corrected chi connectivity index (χ2v) is 8.83. The molecule has 0 aliphatic carbocycles. The summed E-state index contributed by atoms with van der Waals surface area (Å²) in [5.74, 6) is 0.437. The van der Waals surface area contributed by atoms with E-state index in [0.717, 1.165) is 17.7 Å². The summed E-state index contributed by atoms with van der Waals surface area (Å²) < 4.78 is 43.3. The van der Waals surface area contributed by atoms with Crippen LogP contribution in [-0.4, -0.2) is 48.1 Å². The number of rotatable bonds is 5. The summed E-state index contributed by atoms with van der Waals surface area (Å²) >= 11 is 0. The normalized spacial score (nSPS) is 14.8. The number of pyridine rings is 1. The van der Waals surface area contributed by atoms with Crippen LogP contribution in [0.4, 0.5) is 35.2 Å². The Hall–Kier alpha value is -4.48. The number of nitrogens with one attached hydrogen (secondary N) is 1. The van der Waals surface area contributed by atoms with Gasteiger partial charge in [0.15, 0.2) is 0 Å². The van der Waals surface area contributed by atoms with E-state index >= 15 is 0 Å². The fraction of sp³-hybridized carbons (Fsp3) is 0.269. The van der Waals surface area contributed by atoms with Crippen molar-refractivity contribution in [1.29, 1.82) is 0 Å². The average molecular weight is 525 g/mol. The maximum atomic E-state index is 12.7. The first-order valence-corrected chi connectivity index (χ1v) is 11.9. The topological polar surface area (TPSA) is 99.5 Å². The van der Waals surface area contributed by atoms with Crippen molar-refractivity contribution >= 4 is 29.2 Å². The summed E-state index contributed by atoms with van der Waals surface area (Å²) in [5.41, 5.74) is 2.44. The van der Waals surface area contributed by atoms with Crippen LogP contribution in [-0.2, 0) is 24.1 Å². The van der Waals surface area contributed by atoms with E-state index in [1.165, 1.54) is 12.1 Å². The van der Waals surface area contributed by atoms with Crippen molar-refractivity contribution in [3.8, 4) is 0 Å². The molecule has 0 saturated carbocycles. The van der Waals surface area contributed by atoms with Gasteiger partial charge in [-0.05, 0) is 42.0 Å². The zero-order chi connectivity index (χ0) is 26.7. The molecule has 1 saturated heterocycles. The average Bonchev–Trinajstić information content (AvgIpc) is 3.40. The zero-order valence-electron chi connectivity index (χ0n) is 20.1. The van der Waals surface area contributed by atoms with Gasteiger partial charge in [0.05, 0.1) is 29.7 Å². The lowest BCUT2D eigenvalue weighted by Crippen LogP contribution is -2.49. The van der Waals surface area contributed by atoms with E-state index in [1.807, 2.05) is 11.0 Å². The summed E-state index contributed by atoms with van der Waals surface area (Å²) in [6, 6.07) is 13.4. The van der Waals surface area contributed by atoms with E-state index < -0.39 is 17.8 Å². The predicted octanol–water partition coefficient (Wildman–Crippen LogP) is 5.41. The highest BCUT2D eigenvalue weighted by atomic mass is 19.4. The van der Waals surface area contributed by atoms with Gasteiger partial charge in [0.2, 0.25) is 0 Å². The quantitative estimate of drug-likeness (QED) is 0.481. The van der Waals surface area contributed by atoms with Crippen LogP contribution in [0, 0.1) is 0 Å². The summed E-state index contributed by atoms with van der Waals surface area (Å²) in [4.78, 5) is 33.0. The third-order valence-corrected chi connectivity index (χ3v) is 6.28. The lowest BCUT2D eigenvalue weighted by molar-refractivity contribution is -0.137. The first kappa shape index (κ1) is 25.2. The molecule has 2 aromatic carbocycles. The Labute approximate surface area is 215 Å². The molecular formula is C26H23F3N6O3. The van der Waals surface area contributed by atoms with E-state index in [4.69, 9.17) is 4.74 Å².